The van der Waals surface area contributed by atoms with Crippen LogP contribution in [0.4, 0.5) is 0 Å². The number of hydrogen-bond donors (Lipinski definition) is 1. The predicted octanol–water partition coefficient (Wildman–Crippen LogP) is 7.79. The fourth-order valence-corrected chi connectivity index (χ4v) is 28.4. The maximum atomic E-state index is 10.5. The minimum atomic E-state index is -2.36. The lowest BCUT2D eigenvalue weighted by Crippen LogP contribution is -2.58. The highest BCUT2D eigenvalue weighted by Gasteiger charge is 2.44. The van der Waals surface area contributed by atoms with E-state index >= 15 is 0 Å². The summed E-state index contributed by atoms with van der Waals surface area (Å²) < 4.78 is 26.2. The van der Waals surface area contributed by atoms with E-state index < -0.39 is 48.3 Å². The lowest BCUT2D eigenvalue weighted by molar-refractivity contribution is -0.137. The van der Waals surface area contributed by atoms with Gasteiger partial charge in [0, 0.05) is 6.42 Å². The molecule has 198 valence electrons. The van der Waals surface area contributed by atoms with E-state index in [1.165, 1.54) is 32.1 Å². The molecule has 0 fully saturated rings. The van der Waals surface area contributed by atoms with E-state index in [9.17, 15) is 4.79 Å². The molecule has 0 amide bonds. The summed E-state index contributed by atoms with van der Waals surface area (Å²) in [5.41, 5.74) is 0. The zero-order valence-electron chi connectivity index (χ0n) is 23.6. The van der Waals surface area contributed by atoms with Gasteiger partial charge in [-0.05, 0) is 84.5 Å². The first-order valence-electron chi connectivity index (χ1n) is 12.8. The third-order valence-electron chi connectivity index (χ3n) is 4.98. The Balaban J connectivity index is 4.34. The molecule has 0 saturated carbocycles. The SMILES string of the molecule is C[Si](C)(C)O[Si](C)(C)O[Si](C)(C)O[Si](C)(C)O[Si](C)(C)CCCCCCCCCCC(=O)O. The van der Waals surface area contributed by atoms with Crippen LogP contribution in [-0.2, 0) is 21.3 Å². The Morgan fingerprint density at radius 1 is 0.545 bits per heavy atom. The second-order valence-electron chi connectivity index (χ2n) is 12.2. The van der Waals surface area contributed by atoms with Gasteiger partial charge in [-0.3, -0.25) is 4.79 Å². The van der Waals surface area contributed by atoms with Crippen molar-refractivity contribution < 1.29 is 26.4 Å². The lowest BCUT2D eigenvalue weighted by Gasteiger charge is -2.42. The van der Waals surface area contributed by atoms with Gasteiger partial charge in [-0.25, -0.2) is 0 Å². The standard InChI is InChI=1S/C22H54O6Si5/c1-29(2,3)25-31(6,7)27-33(10,11)28-32(8,9)26-30(4,5)21-19-17-15-13-12-14-16-18-20-22(23)24/h12-21H2,1-11H3,(H,23,24). The summed E-state index contributed by atoms with van der Waals surface area (Å²) in [7, 11) is -10.3. The highest BCUT2D eigenvalue weighted by molar-refractivity contribution is 6.90. The van der Waals surface area contributed by atoms with Gasteiger partial charge in [0.25, 0.3) is 0 Å². The smallest absolute Gasteiger partial charge is 0.314 e. The molecule has 6 nitrogen and oxygen atoms in total. The zero-order valence-corrected chi connectivity index (χ0v) is 28.6. The van der Waals surface area contributed by atoms with Crippen molar-refractivity contribution in [3.63, 3.8) is 0 Å². The topological polar surface area (TPSA) is 74.2 Å². The van der Waals surface area contributed by atoms with Crippen molar-refractivity contribution in [2.45, 2.75) is 136 Å². The second kappa shape index (κ2) is 14.2. The first kappa shape index (κ1) is 33.4. The van der Waals surface area contributed by atoms with Crippen LogP contribution in [0.5, 0.6) is 0 Å². The van der Waals surface area contributed by atoms with Crippen molar-refractivity contribution in [1.82, 2.24) is 0 Å². The van der Waals surface area contributed by atoms with E-state index in [-0.39, 0.29) is 0 Å². The molecule has 0 aliphatic heterocycles. The monoisotopic (exact) mass is 554 g/mol. The molecule has 0 rings (SSSR count). The molecule has 0 aliphatic carbocycles. The van der Waals surface area contributed by atoms with E-state index in [1.807, 2.05) is 0 Å². The van der Waals surface area contributed by atoms with Crippen molar-refractivity contribution in [3.05, 3.63) is 0 Å². The molecule has 0 radical (unpaired) electrons. The van der Waals surface area contributed by atoms with Crippen LogP contribution >= 0.6 is 0 Å². The van der Waals surface area contributed by atoms with E-state index in [1.54, 1.807) is 0 Å². The van der Waals surface area contributed by atoms with Crippen molar-refractivity contribution in [3.8, 4) is 0 Å². The molecule has 1 N–H and O–H groups in total. The van der Waals surface area contributed by atoms with Gasteiger partial charge in [0.05, 0.1) is 0 Å². The maximum absolute atomic E-state index is 10.5. The molecule has 0 saturated heterocycles. The van der Waals surface area contributed by atoms with Crippen molar-refractivity contribution >= 4 is 48.3 Å². The number of unbranched alkanes of at least 4 members (excludes halogenated alkanes) is 7. The van der Waals surface area contributed by atoms with E-state index in [0.717, 1.165) is 25.3 Å². The van der Waals surface area contributed by atoms with E-state index in [0.29, 0.717) is 6.42 Å². The third kappa shape index (κ3) is 20.3. The molecule has 0 aromatic heterocycles. The molecule has 0 bridgehead atoms. The van der Waals surface area contributed by atoms with Crippen molar-refractivity contribution in [1.29, 1.82) is 0 Å². The van der Waals surface area contributed by atoms with Gasteiger partial charge in [-0.2, -0.15) is 0 Å². The Morgan fingerprint density at radius 3 is 1.33 bits per heavy atom. The average molecular weight is 555 g/mol. The van der Waals surface area contributed by atoms with Gasteiger partial charge in [-0.15, -0.1) is 0 Å². The van der Waals surface area contributed by atoms with Gasteiger partial charge < -0.3 is 21.6 Å². The van der Waals surface area contributed by atoms with Crippen LogP contribution in [0.2, 0.25) is 78.1 Å². The van der Waals surface area contributed by atoms with Crippen molar-refractivity contribution in [2.75, 3.05) is 0 Å². The Hall–Kier alpha value is 0.394. The quantitative estimate of drug-likeness (QED) is 0.130. The third-order valence-corrected chi connectivity index (χ3v) is 23.0. The van der Waals surface area contributed by atoms with Crippen LogP contribution in [0, 0.1) is 0 Å². The molecule has 11 heteroatoms. The summed E-state index contributed by atoms with van der Waals surface area (Å²) in [4.78, 5) is 10.5. The number of carboxylic acid groups (broad SMARTS) is 1. The minimum absolute atomic E-state index is 0.306. The predicted molar refractivity (Wildman–Crippen MR) is 152 cm³/mol. The molecule has 0 aliphatic rings. The lowest BCUT2D eigenvalue weighted by atomic mass is 10.1. The molecule has 0 spiro atoms. The van der Waals surface area contributed by atoms with Crippen LogP contribution in [0.25, 0.3) is 0 Å². The van der Waals surface area contributed by atoms with Crippen LogP contribution in [0.3, 0.4) is 0 Å². The van der Waals surface area contributed by atoms with Gasteiger partial charge in [-0.1, -0.05) is 44.9 Å². The largest absolute Gasteiger partial charge is 0.481 e. The highest BCUT2D eigenvalue weighted by Crippen LogP contribution is 2.28. The number of carbonyl (C=O) groups is 1. The molecule has 0 unspecified atom stereocenters. The van der Waals surface area contributed by atoms with Gasteiger partial charge in [0.2, 0.25) is 0 Å². The Kier molecular flexibility index (Phi) is 14.4. The molecule has 0 heterocycles. The summed E-state index contributed by atoms with van der Waals surface area (Å²) in [6.07, 6.45) is 9.47. The highest BCUT2D eigenvalue weighted by atomic mass is 28.5. The van der Waals surface area contributed by atoms with Crippen LogP contribution in [-0.4, -0.2) is 53.4 Å². The summed E-state index contributed by atoms with van der Waals surface area (Å²) in [6.45, 7) is 24.1. The number of carboxylic acids is 1. The Bertz CT molecular complexity index is 576. The van der Waals surface area contributed by atoms with Crippen molar-refractivity contribution in [2.24, 2.45) is 0 Å². The summed E-state index contributed by atoms with van der Waals surface area (Å²) >= 11 is 0. The maximum Gasteiger partial charge on any atom is 0.314 e. The fourth-order valence-electron chi connectivity index (χ4n) is 4.59. The number of hydrogen-bond acceptors (Lipinski definition) is 5. The van der Waals surface area contributed by atoms with Gasteiger partial charge >= 0.3 is 31.7 Å². The van der Waals surface area contributed by atoms with Gasteiger partial charge in [0.1, 0.15) is 0 Å². The Labute approximate surface area is 210 Å². The summed E-state index contributed by atoms with van der Waals surface area (Å²) in [5.74, 6) is -0.680. The molecular formula is C22H54O6Si5. The van der Waals surface area contributed by atoms with E-state index in [2.05, 4.69) is 72.0 Å². The van der Waals surface area contributed by atoms with Crippen LogP contribution < -0.4 is 0 Å². The number of aliphatic carboxylic acids is 1. The van der Waals surface area contributed by atoms with Crippen LogP contribution in [0.15, 0.2) is 0 Å². The van der Waals surface area contributed by atoms with Crippen LogP contribution in [0.1, 0.15) is 57.8 Å². The normalized spacial score (nSPS) is 14.0. The Morgan fingerprint density at radius 2 is 0.909 bits per heavy atom. The molecule has 0 aromatic carbocycles. The second-order valence-corrected chi connectivity index (χ2v) is 32.1. The van der Waals surface area contributed by atoms with E-state index in [4.69, 9.17) is 21.6 Å². The first-order chi connectivity index (χ1) is 14.7. The molecule has 33 heavy (non-hydrogen) atoms. The number of rotatable bonds is 19. The van der Waals surface area contributed by atoms with Gasteiger partial charge in [0.15, 0.2) is 16.6 Å². The average Bonchev–Trinajstić information content (AvgIpc) is 2.50. The minimum Gasteiger partial charge on any atom is -0.481 e. The first-order valence-corrected chi connectivity index (χ1v) is 27.7. The fraction of sp³-hybridized carbons (Fsp3) is 0.955. The molecule has 0 atom stereocenters. The summed E-state index contributed by atoms with van der Waals surface area (Å²) in [6, 6.07) is 1.16. The molecule has 0 aromatic rings. The molecular weight excluding hydrogens is 501 g/mol. The summed E-state index contributed by atoms with van der Waals surface area (Å²) in [5, 5.41) is 8.67. The zero-order chi connectivity index (χ0) is 26.0.